The van der Waals surface area contributed by atoms with Crippen molar-refractivity contribution in [1.82, 2.24) is 4.90 Å². The zero-order valence-electron chi connectivity index (χ0n) is 4.81. The molecule has 2 heteroatoms. The molecule has 0 aliphatic carbocycles. The van der Waals surface area contributed by atoms with E-state index in [1.807, 2.05) is 14.0 Å². The molecule has 0 spiro atoms. The van der Waals surface area contributed by atoms with Gasteiger partial charge < -0.3 is 0 Å². The van der Waals surface area contributed by atoms with Crippen LogP contribution >= 0.6 is 0 Å². The number of nitrogens with zero attached hydrogens (tertiary/aromatic N) is 1. The van der Waals surface area contributed by atoms with E-state index in [2.05, 4.69) is 6.58 Å². The SMILES string of the molecule is [B]=C(C)N(C)C=C. The molecule has 1 nitrogen and oxygen atoms in total. The summed E-state index contributed by atoms with van der Waals surface area (Å²) in [6.07, 6.45) is 1.66. The summed E-state index contributed by atoms with van der Waals surface area (Å²) in [6, 6.07) is 0. The molecule has 0 saturated carbocycles. The molecule has 0 aliphatic heterocycles. The molecule has 0 saturated heterocycles. The molecule has 7 heavy (non-hydrogen) atoms. The molecule has 0 heterocycles. The van der Waals surface area contributed by atoms with Crippen LogP contribution in [0.1, 0.15) is 6.92 Å². The zero-order chi connectivity index (χ0) is 5.86. The van der Waals surface area contributed by atoms with Crippen molar-refractivity contribution in [2.24, 2.45) is 0 Å². The van der Waals surface area contributed by atoms with E-state index >= 15 is 0 Å². The van der Waals surface area contributed by atoms with Crippen molar-refractivity contribution in [1.29, 1.82) is 0 Å². The van der Waals surface area contributed by atoms with E-state index in [1.165, 1.54) is 0 Å². The molecule has 0 bridgehead atoms. The third-order valence-corrected chi connectivity index (χ3v) is 0.830. The van der Waals surface area contributed by atoms with Gasteiger partial charge in [-0.15, -0.1) is 0 Å². The standard InChI is InChI=1S/C5H9BN/c1-4-7(3)5(2)6/h4H,1H2,2-3H3. The summed E-state index contributed by atoms with van der Waals surface area (Å²) in [5, 5.41) is 0. The molecule has 0 aliphatic rings. The van der Waals surface area contributed by atoms with Crippen molar-refractivity contribution >= 4 is 13.1 Å². The average molecular weight is 93.9 g/mol. The van der Waals surface area contributed by atoms with Crippen LogP contribution in [0.3, 0.4) is 0 Å². The van der Waals surface area contributed by atoms with Crippen LogP contribution < -0.4 is 0 Å². The summed E-state index contributed by atoms with van der Waals surface area (Å²) in [6.45, 7) is 5.33. The van der Waals surface area contributed by atoms with Crippen molar-refractivity contribution < 1.29 is 0 Å². The quantitative estimate of drug-likeness (QED) is 0.447. The fourth-order valence-corrected chi connectivity index (χ4v) is 0.144. The van der Waals surface area contributed by atoms with Gasteiger partial charge in [0.15, 0.2) is 0 Å². The summed E-state index contributed by atoms with van der Waals surface area (Å²) in [5.74, 6) is 0. The minimum atomic E-state index is 0.759. The van der Waals surface area contributed by atoms with Crippen LogP contribution in [-0.4, -0.2) is 25.0 Å². The first-order valence-corrected chi connectivity index (χ1v) is 2.13. The first-order valence-electron chi connectivity index (χ1n) is 2.13. The second-order valence-electron chi connectivity index (χ2n) is 1.43. The molecule has 0 aromatic heterocycles. The van der Waals surface area contributed by atoms with Crippen LogP contribution in [-0.2, 0) is 0 Å². The molecular formula is C5H9BN. The summed E-state index contributed by atoms with van der Waals surface area (Å²) >= 11 is 0. The van der Waals surface area contributed by atoms with E-state index in [0.717, 1.165) is 5.59 Å². The van der Waals surface area contributed by atoms with Gasteiger partial charge in [0.2, 0.25) is 0 Å². The molecule has 0 atom stereocenters. The Bertz CT molecular complexity index is 88.1. The molecular weight excluding hydrogens is 84.9 g/mol. The predicted molar refractivity (Wildman–Crippen MR) is 34.4 cm³/mol. The van der Waals surface area contributed by atoms with Gasteiger partial charge in [0, 0.05) is 0 Å². The van der Waals surface area contributed by atoms with E-state index in [-0.39, 0.29) is 0 Å². The first-order chi connectivity index (χ1) is 3.18. The van der Waals surface area contributed by atoms with Crippen LogP contribution in [0.25, 0.3) is 0 Å². The Morgan fingerprint density at radius 1 is 1.86 bits per heavy atom. The van der Waals surface area contributed by atoms with Crippen LogP contribution in [0.15, 0.2) is 12.8 Å². The molecule has 0 fully saturated rings. The molecule has 37 valence electrons. The van der Waals surface area contributed by atoms with E-state index < -0.39 is 0 Å². The number of hydrogen-bond donors (Lipinski definition) is 0. The monoisotopic (exact) mass is 94.1 g/mol. The van der Waals surface area contributed by atoms with Gasteiger partial charge in [0.05, 0.1) is 0 Å². The Kier molecular flexibility index (Phi) is 2.42. The fraction of sp³-hybridized carbons (Fsp3) is 0.400. The van der Waals surface area contributed by atoms with Gasteiger partial charge >= 0.3 is 44.7 Å². The topological polar surface area (TPSA) is 3.24 Å². The normalized spacial score (nSPS) is 7.57. The van der Waals surface area contributed by atoms with E-state index in [4.69, 9.17) is 7.49 Å². The van der Waals surface area contributed by atoms with E-state index in [0.29, 0.717) is 0 Å². The summed E-state index contributed by atoms with van der Waals surface area (Å²) in [5.41, 5.74) is 0.759. The predicted octanol–water partition coefficient (Wildman–Crippen LogP) is 0.380. The van der Waals surface area contributed by atoms with Crippen molar-refractivity contribution in [3.63, 3.8) is 0 Å². The van der Waals surface area contributed by atoms with Gasteiger partial charge in [0.25, 0.3) is 0 Å². The second kappa shape index (κ2) is 2.62. The van der Waals surface area contributed by atoms with Crippen molar-refractivity contribution in [2.45, 2.75) is 6.92 Å². The zero-order valence-corrected chi connectivity index (χ0v) is 4.81. The first kappa shape index (κ1) is 6.47. The molecule has 0 aromatic rings. The Labute approximate surface area is 45.7 Å². The van der Waals surface area contributed by atoms with Crippen molar-refractivity contribution in [3.8, 4) is 0 Å². The summed E-state index contributed by atoms with van der Waals surface area (Å²) in [4.78, 5) is 1.75. The molecule has 1 radical (unpaired) electrons. The second-order valence-corrected chi connectivity index (χ2v) is 1.43. The van der Waals surface area contributed by atoms with Gasteiger partial charge in [-0.2, -0.15) is 0 Å². The Balaban J connectivity index is 3.55. The molecule has 0 amide bonds. The van der Waals surface area contributed by atoms with Crippen LogP contribution in [0.5, 0.6) is 0 Å². The third-order valence-electron chi connectivity index (χ3n) is 0.830. The Morgan fingerprint density at radius 3 is 2.29 bits per heavy atom. The summed E-state index contributed by atoms with van der Waals surface area (Å²) < 4.78 is 0. The van der Waals surface area contributed by atoms with Crippen molar-refractivity contribution in [3.05, 3.63) is 12.8 Å². The van der Waals surface area contributed by atoms with Gasteiger partial charge in [-0.3, -0.25) is 0 Å². The van der Waals surface area contributed by atoms with Crippen molar-refractivity contribution in [2.75, 3.05) is 7.05 Å². The van der Waals surface area contributed by atoms with Gasteiger partial charge in [0.1, 0.15) is 0 Å². The van der Waals surface area contributed by atoms with E-state index in [1.54, 1.807) is 11.1 Å². The molecule has 0 aromatic carbocycles. The molecule has 0 rings (SSSR count). The van der Waals surface area contributed by atoms with Crippen LogP contribution in [0.2, 0.25) is 0 Å². The van der Waals surface area contributed by atoms with Crippen LogP contribution in [0.4, 0.5) is 0 Å². The van der Waals surface area contributed by atoms with Gasteiger partial charge in [-0.1, -0.05) is 0 Å². The Morgan fingerprint density at radius 2 is 2.29 bits per heavy atom. The Hall–Kier alpha value is -0.525. The van der Waals surface area contributed by atoms with Crippen LogP contribution in [0, 0.1) is 0 Å². The minimum absolute atomic E-state index is 0.759. The van der Waals surface area contributed by atoms with E-state index in [9.17, 15) is 0 Å². The maximum absolute atomic E-state index is 5.32. The van der Waals surface area contributed by atoms with Gasteiger partial charge in [-0.25, -0.2) is 0 Å². The summed E-state index contributed by atoms with van der Waals surface area (Å²) in [7, 11) is 7.17. The molecule has 0 unspecified atom stereocenters. The number of hydrogen-bond acceptors (Lipinski definition) is 1. The average Bonchev–Trinajstić information content (AvgIpc) is 1.65. The molecule has 0 N–H and O–H groups in total. The van der Waals surface area contributed by atoms with Gasteiger partial charge in [-0.05, 0) is 0 Å². The fourth-order valence-electron chi connectivity index (χ4n) is 0.144. The third kappa shape index (κ3) is 2.21. The maximum atomic E-state index is 5.32. The number of rotatable bonds is 2.